The maximum atomic E-state index is 14.3. The van der Waals surface area contributed by atoms with Gasteiger partial charge >= 0.3 is 11.8 Å². The van der Waals surface area contributed by atoms with E-state index in [1.165, 1.54) is 25.3 Å². The lowest BCUT2D eigenvalue weighted by Gasteiger charge is -2.32. The molecule has 2 aliphatic carbocycles. The molecule has 0 nitrogen and oxygen atoms in total. The van der Waals surface area contributed by atoms with Crippen LogP contribution in [0.1, 0.15) is 74.5 Å². The summed E-state index contributed by atoms with van der Waals surface area (Å²) in [6, 6.07) is 2.51. The Labute approximate surface area is 145 Å². The molecule has 0 aliphatic heterocycles. The largest absolute Gasteiger partial charge is 0.342 e. The number of benzene rings is 1. The van der Waals surface area contributed by atoms with Gasteiger partial charge in [-0.15, -0.1) is 0 Å². The summed E-state index contributed by atoms with van der Waals surface area (Å²) in [6.45, 7) is 2.16. The highest BCUT2D eigenvalue weighted by atomic mass is 19.3. The molecule has 1 aromatic rings. The third-order valence-corrected chi connectivity index (χ3v) is 5.63. The minimum atomic E-state index is -4.52. The molecule has 0 heterocycles. The van der Waals surface area contributed by atoms with Gasteiger partial charge in [-0.2, -0.15) is 17.6 Å². The van der Waals surface area contributed by atoms with E-state index < -0.39 is 23.2 Å². The Morgan fingerprint density at radius 3 is 2.36 bits per heavy atom. The van der Waals surface area contributed by atoms with Gasteiger partial charge in [0.2, 0.25) is 0 Å². The summed E-state index contributed by atoms with van der Waals surface area (Å²) in [5.41, 5.74) is -0.657. The topological polar surface area (TPSA) is 0 Å². The molecule has 1 saturated carbocycles. The van der Waals surface area contributed by atoms with Crippen LogP contribution in [0.4, 0.5) is 22.0 Å². The van der Waals surface area contributed by atoms with Gasteiger partial charge in [0.1, 0.15) is 5.82 Å². The second-order valence-corrected chi connectivity index (χ2v) is 7.36. The highest BCUT2D eigenvalue weighted by Gasteiger charge is 2.59. The minimum absolute atomic E-state index is 0.113. The maximum Gasteiger partial charge on any atom is 0.342 e. The van der Waals surface area contributed by atoms with Crippen LogP contribution in [-0.4, -0.2) is 5.92 Å². The average molecular weight is 358 g/mol. The van der Waals surface area contributed by atoms with Gasteiger partial charge in [-0.05, 0) is 60.8 Å². The smallest absolute Gasteiger partial charge is 0.206 e. The summed E-state index contributed by atoms with van der Waals surface area (Å²) in [4.78, 5) is 0. The molecule has 0 atom stereocenters. The van der Waals surface area contributed by atoms with E-state index in [0.29, 0.717) is 11.5 Å². The highest BCUT2D eigenvalue weighted by Crippen LogP contribution is 2.50. The molecule has 1 aromatic carbocycles. The van der Waals surface area contributed by atoms with Crippen LogP contribution in [0.3, 0.4) is 0 Å². The predicted molar refractivity (Wildman–Crippen MR) is 88.5 cm³/mol. The van der Waals surface area contributed by atoms with Gasteiger partial charge in [-0.3, -0.25) is 0 Å². The Morgan fingerprint density at radius 1 is 1.04 bits per heavy atom. The van der Waals surface area contributed by atoms with E-state index in [0.717, 1.165) is 37.8 Å². The number of alkyl halides is 4. The Bertz CT molecular complexity index is 654. The fourth-order valence-corrected chi connectivity index (χ4v) is 4.09. The summed E-state index contributed by atoms with van der Waals surface area (Å²) in [7, 11) is 0. The molecule has 0 unspecified atom stereocenters. The van der Waals surface area contributed by atoms with Gasteiger partial charge in [-0.1, -0.05) is 38.3 Å². The number of hydrogen-bond donors (Lipinski definition) is 0. The summed E-state index contributed by atoms with van der Waals surface area (Å²) in [5, 5.41) is 0. The zero-order valence-electron chi connectivity index (χ0n) is 14.3. The van der Waals surface area contributed by atoms with E-state index in [-0.39, 0.29) is 17.6 Å². The molecule has 5 heteroatoms. The number of fused-ring (bicyclic) bond motifs is 1. The Balaban J connectivity index is 1.82. The number of halogens is 5. The van der Waals surface area contributed by atoms with Crippen molar-refractivity contribution in [3.63, 3.8) is 0 Å². The van der Waals surface area contributed by atoms with Gasteiger partial charge in [-0.25, -0.2) is 4.39 Å². The summed E-state index contributed by atoms with van der Waals surface area (Å²) in [6.07, 6.45) is 8.56. The SMILES string of the molecule is CCCCC1CCC(c2cc(F)c3c(c2)C=CC(F)(F)C3(F)F)CC1. The molecule has 1 fully saturated rings. The normalized spacial score (nSPS) is 27.1. The van der Waals surface area contributed by atoms with Crippen LogP contribution in [-0.2, 0) is 5.92 Å². The second kappa shape index (κ2) is 6.73. The van der Waals surface area contributed by atoms with E-state index in [1.807, 2.05) is 0 Å². The summed E-state index contributed by atoms with van der Waals surface area (Å²) < 4.78 is 69.1. The Kier molecular flexibility index (Phi) is 4.95. The molecule has 0 saturated heterocycles. The third kappa shape index (κ3) is 3.34. The fourth-order valence-electron chi connectivity index (χ4n) is 4.09. The lowest BCUT2D eigenvalue weighted by atomic mass is 9.76. The van der Waals surface area contributed by atoms with Crippen LogP contribution in [0.5, 0.6) is 0 Å². The lowest BCUT2D eigenvalue weighted by Crippen LogP contribution is -2.39. The van der Waals surface area contributed by atoms with Crippen molar-refractivity contribution in [3.8, 4) is 0 Å². The molecule has 138 valence electrons. The number of unbranched alkanes of at least 4 members (excludes halogenated alkanes) is 1. The van der Waals surface area contributed by atoms with Crippen molar-refractivity contribution < 1.29 is 22.0 Å². The molecule has 0 aromatic heterocycles. The zero-order valence-corrected chi connectivity index (χ0v) is 14.3. The van der Waals surface area contributed by atoms with Gasteiger partial charge in [0.15, 0.2) is 0 Å². The molecule has 0 N–H and O–H groups in total. The number of rotatable bonds is 4. The van der Waals surface area contributed by atoms with E-state index in [4.69, 9.17) is 0 Å². The summed E-state index contributed by atoms with van der Waals surface area (Å²) in [5.74, 6) is -9.31. The molecule has 2 aliphatic rings. The van der Waals surface area contributed by atoms with Crippen molar-refractivity contribution >= 4 is 6.08 Å². The third-order valence-electron chi connectivity index (χ3n) is 5.63. The van der Waals surface area contributed by atoms with E-state index in [9.17, 15) is 22.0 Å². The van der Waals surface area contributed by atoms with Crippen molar-refractivity contribution in [1.82, 2.24) is 0 Å². The number of hydrogen-bond acceptors (Lipinski definition) is 0. The van der Waals surface area contributed by atoms with Crippen molar-refractivity contribution in [3.05, 3.63) is 40.7 Å². The molecule has 0 amide bonds. The van der Waals surface area contributed by atoms with Crippen LogP contribution in [0.25, 0.3) is 6.08 Å². The fraction of sp³-hybridized carbons (Fsp3) is 0.600. The van der Waals surface area contributed by atoms with Gasteiger partial charge in [0, 0.05) is 0 Å². The van der Waals surface area contributed by atoms with Crippen LogP contribution < -0.4 is 0 Å². The predicted octanol–water partition coefficient (Wildman–Crippen LogP) is 7.04. The second-order valence-electron chi connectivity index (χ2n) is 7.36. The molecule has 25 heavy (non-hydrogen) atoms. The van der Waals surface area contributed by atoms with E-state index in [1.54, 1.807) is 0 Å². The Hall–Kier alpha value is -1.39. The van der Waals surface area contributed by atoms with Crippen LogP contribution in [0.15, 0.2) is 18.2 Å². The number of allylic oxidation sites excluding steroid dienone is 1. The highest BCUT2D eigenvalue weighted by molar-refractivity contribution is 5.62. The van der Waals surface area contributed by atoms with Crippen LogP contribution in [0, 0.1) is 11.7 Å². The van der Waals surface area contributed by atoms with Crippen LogP contribution in [0.2, 0.25) is 0 Å². The van der Waals surface area contributed by atoms with Crippen LogP contribution >= 0.6 is 0 Å². The summed E-state index contributed by atoms with van der Waals surface area (Å²) >= 11 is 0. The Morgan fingerprint density at radius 2 is 1.72 bits per heavy atom. The molecular weight excluding hydrogens is 335 g/mol. The molecular formula is C20H23F5. The lowest BCUT2D eigenvalue weighted by molar-refractivity contribution is -0.189. The van der Waals surface area contributed by atoms with Crippen molar-refractivity contribution in [2.45, 2.75) is 69.6 Å². The molecule has 0 radical (unpaired) electrons. The van der Waals surface area contributed by atoms with Crippen molar-refractivity contribution in [1.29, 1.82) is 0 Å². The first-order valence-corrected chi connectivity index (χ1v) is 9.05. The molecule has 0 spiro atoms. The standard InChI is InChI=1S/C20H23F5/c1-2-3-4-13-5-7-14(8-6-13)16-11-15-9-10-19(22,23)20(24,25)18(15)17(21)12-16/h9-14H,2-8H2,1H3. The van der Waals surface area contributed by atoms with Crippen molar-refractivity contribution in [2.75, 3.05) is 0 Å². The average Bonchev–Trinajstić information content (AvgIpc) is 2.56. The van der Waals surface area contributed by atoms with Crippen molar-refractivity contribution in [2.24, 2.45) is 5.92 Å². The molecule has 3 rings (SSSR count). The van der Waals surface area contributed by atoms with Gasteiger partial charge < -0.3 is 0 Å². The van der Waals surface area contributed by atoms with E-state index >= 15 is 0 Å². The van der Waals surface area contributed by atoms with E-state index in [2.05, 4.69) is 6.92 Å². The first-order valence-electron chi connectivity index (χ1n) is 9.05. The monoisotopic (exact) mass is 358 g/mol. The maximum absolute atomic E-state index is 14.3. The first-order chi connectivity index (χ1) is 11.8. The quantitative estimate of drug-likeness (QED) is 0.506. The van der Waals surface area contributed by atoms with Gasteiger partial charge in [0.25, 0.3) is 0 Å². The first kappa shape index (κ1) is 18.4. The zero-order chi connectivity index (χ0) is 18.2. The van der Waals surface area contributed by atoms with Gasteiger partial charge in [0.05, 0.1) is 5.56 Å². The molecule has 0 bridgehead atoms. The minimum Gasteiger partial charge on any atom is -0.206 e.